The van der Waals surface area contributed by atoms with Crippen LogP contribution in [0.2, 0.25) is 0 Å². The van der Waals surface area contributed by atoms with Gasteiger partial charge in [-0.1, -0.05) is 18.2 Å². The van der Waals surface area contributed by atoms with Crippen LogP contribution in [0.3, 0.4) is 0 Å². The van der Waals surface area contributed by atoms with E-state index < -0.39 is 5.91 Å². The third kappa shape index (κ3) is 2.76. The molecule has 0 bridgehead atoms. The Morgan fingerprint density at radius 1 is 1.17 bits per heavy atom. The van der Waals surface area contributed by atoms with Gasteiger partial charge < -0.3 is 4.57 Å². The van der Waals surface area contributed by atoms with Crippen molar-refractivity contribution in [2.75, 3.05) is 6.54 Å². The van der Waals surface area contributed by atoms with E-state index in [1.165, 1.54) is 4.90 Å². The molecular weight excluding hydrogens is 322 g/mol. The lowest BCUT2D eigenvalue weighted by atomic mass is 10.1. The van der Waals surface area contributed by atoms with Crippen molar-refractivity contribution in [1.82, 2.24) is 14.8 Å². The molecule has 24 heavy (non-hydrogen) atoms. The normalized spacial score (nSPS) is 16.7. The van der Waals surface area contributed by atoms with Gasteiger partial charge in [-0.3, -0.25) is 19.8 Å². The number of likely N-dealkylation sites (N-methyl/N-ethyl adjacent to an activating group) is 1. The molecule has 0 unspecified atom stereocenters. The topological polar surface area (TPSA) is 54.3 Å². The van der Waals surface area contributed by atoms with Gasteiger partial charge in [-0.25, -0.2) is 0 Å². The maximum absolute atomic E-state index is 12.5. The SMILES string of the molecule is CCN1C(=O)/C(=C/c2cccn2-c2ccccc2C)C(=O)NC1=S. The Bertz CT molecular complexity index is 867. The maximum atomic E-state index is 12.5. The monoisotopic (exact) mass is 339 g/mol. The van der Waals surface area contributed by atoms with Crippen molar-refractivity contribution < 1.29 is 9.59 Å². The van der Waals surface area contributed by atoms with E-state index in [1.807, 2.05) is 61.0 Å². The number of hydrogen-bond donors (Lipinski definition) is 1. The van der Waals surface area contributed by atoms with Crippen LogP contribution in [0.15, 0.2) is 48.2 Å². The molecule has 6 heteroatoms. The van der Waals surface area contributed by atoms with Crippen LogP contribution in [-0.4, -0.2) is 32.9 Å². The quantitative estimate of drug-likeness (QED) is 0.531. The van der Waals surface area contributed by atoms with Gasteiger partial charge in [-0.05, 0) is 55.9 Å². The highest BCUT2D eigenvalue weighted by Crippen LogP contribution is 2.20. The van der Waals surface area contributed by atoms with E-state index in [0.717, 1.165) is 16.9 Å². The Morgan fingerprint density at radius 2 is 1.92 bits per heavy atom. The fourth-order valence-electron chi connectivity index (χ4n) is 2.69. The van der Waals surface area contributed by atoms with Crippen molar-refractivity contribution in [3.63, 3.8) is 0 Å². The van der Waals surface area contributed by atoms with Crippen LogP contribution >= 0.6 is 12.2 Å². The highest BCUT2D eigenvalue weighted by Gasteiger charge is 2.32. The van der Waals surface area contributed by atoms with E-state index in [2.05, 4.69) is 5.32 Å². The fraction of sp³-hybridized carbons (Fsp3) is 0.167. The molecule has 2 amide bonds. The van der Waals surface area contributed by atoms with Crippen molar-refractivity contribution >= 4 is 35.2 Å². The number of para-hydroxylation sites is 1. The second-order valence-electron chi connectivity index (χ2n) is 5.46. The molecular formula is C18H17N3O2S. The summed E-state index contributed by atoms with van der Waals surface area (Å²) in [6, 6.07) is 11.7. The fourth-order valence-corrected chi connectivity index (χ4v) is 3.00. The van der Waals surface area contributed by atoms with Crippen LogP contribution in [0.4, 0.5) is 0 Å². The number of aromatic nitrogens is 1. The minimum Gasteiger partial charge on any atom is -0.317 e. The van der Waals surface area contributed by atoms with Gasteiger partial charge in [0.05, 0.1) is 0 Å². The zero-order chi connectivity index (χ0) is 17.3. The predicted molar refractivity (Wildman–Crippen MR) is 96.6 cm³/mol. The molecule has 3 rings (SSSR count). The molecule has 2 aromatic rings. The van der Waals surface area contributed by atoms with E-state index >= 15 is 0 Å². The first-order valence-corrected chi connectivity index (χ1v) is 8.06. The number of benzene rings is 1. The van der Waals surface area contributed by atoms with E-state index in [4.69, 9.17) is 12.2 Å². The Labute approximate surface area is 145 Å². The van der Waals surface area contributed by atoms with E-state index in [0.29, 0.717) is 6.54 Å². The van der Waals surface area contributed by atoms with Gasteiger partial charge >= 0.3 is 0 Å². The number of nitrogens with one attached hydrogen (secondary N) is 1. The summed E-state index contributed by atoms with van der Waals surface area (Å²) in [5, 5.41) is 2.72. The first-order chi connectivity index (χ1) is 11.5. The van der Waals surface area contributed by atoms with Gasteiger partial charge in [0.1, 0.15) is 5.57 Å². The third-order valence-electron chi connectivity index (χ3n) is 3.95. The van der Waals surface area contributed by atoms with Gasteiger partial charge in [0.2, 0.25) is 0 Å². The van der Waals surface area contributed by atoms with Crippen LogP contribution in [-0.2, 0) is 9.59 Å². The van der Waals surface area contributed by atoms with Crippen LogP contribution in [0.5, 0.6) is 0 Å². The van der Waals surface area contributed by atoms with Crippen LogP contribution < -0.4 is 5.32 Å². The predicted octanol–water partition coefficient (Wildman–Crippen LogP) is 2.43. The molecule has 1 fully saturated rings. The summed E-state index contributed by atoms with van der Waals surface area (Å²) >= 11 is 5.04. The number of aryl methyl sites for hydroxylation is 1. The Hall–Kier alpha value is -2.73. The lowest BCUT2D eigenvalue weighted by molar-refractivity contribution is -0.128. The summed E-state index contributed by atoms with van der Waals surface area (Å²) in [5.41, 5.74) is 2.94. The van der Waals surface area contributed by atoms with Gasteiger partial charge in [-0.2, -0.15) is 0 Å². The average molecular weight is 339 g/mol. The zero-order valence-corrected chi connectivity index (χ0v) is 14.3. The number of rotatable bonds is 3. The molecule has 122 valence electrons. The highest BCUT2D eigenvalue weighted by atomic mass is 32.1. The lowest BCUT2D eigenvalue weighted by Gasteiger charge is -2.27. The number of carbonyl (C=O) groups excluding carboxylic acids is 2. The second-order valence-corrected chi connectivity index (χ2v) is 5.84. The Kier molecular flexibility index (Phi) is 4.31. The summed E-state index contributed by atoms with van der Waals surface area (Å²) in [5.74, 6) is -0.837. The minimum absolute atomic E-state index is 0.0824. The molecule has 1 N–H and O–H groups in total. The molecule has 1 aliphatic heterocycles. The second kappa shape index (κ2) is 6.41. The van der Waals surface area contributed by atoms with Crippen molar-refractivity contribution in [2.45, 2.75) is 13.8 Å². The standard InChI is InChI=1S/C18H17N3O2S/c1-3-20-17(23)14(16(22)19-18(20)24)11-13-8-6-10-21(13)15-9-5-4-7-12(15)2/h4-11H,3H2,1-2H3,(H,19,22,24)/b14-11+. The first kappa shape index (κ1) is 16.1. The number of carbonyl (C=O) groups is 2. The van der Waals surface area contributed by atoms with E-state index in [-0.39, 0.29) is 16.6 Å². The lowest BCUT2D eigenvalue weighted by Crippen LogP contribution is -2.53. The van der Waals surface area contributed by atoms with Crippen LogP contribution in [0.1, 0.15) is 18.2 Å². The molecule has 0 radical (unpaired) electrons. The summed E-state index contributed by atoms with van der Waals surface area (Å²) in [6.45, 7) is 4.24. The summed E-state index contributed by atoms with van der Waals surface area (Å²) < 4.78 is 1.95. The first-order valence-electron chi connectivity index (χ1n) is 7.65. The minimum atomic E-state index is -0.466. The van der Waals surface area contributed by atoms with Gasteiger partial charge in [0, 0.05) is 24.1 Å². The molecule has 0 saturated carbocycles. The summed E-state index contributed by atoms with van der Waals surface area (Å²) in [6.07, 6.45) is 3.51. The number of hydrogen-bond acceptors (Lipinski definition) is 3. The maximum Gasteiger partial charge on any atom is 0.265 e. The Morgan fingerprint density at radius 3 is 2.62 bits per heavy atom. The van der Waals surface area contributed by atoms with Gasteiger partial charge in [-0.15, -0.1) is 0 Å². The zero-order valence-electron chi connectivity index (χ0n) is 13.4. The molecule has 1 saturated heterocycles. The average Bonchev–Trinajstić information content (AvgIpc) is 3.00. The Balaban J connectivity index is 2.05. The molecule has 0 atom stereocenters. The van der Waals surface area contributed by atoms with E-state index in [9.17, 15) is 9.59 Å². The smallest absolute Gasteiger partial charge is 0.265 e. The molecule has 0 spiro atoms. The van der Waals surface area contributed by atoms with Crippen molar-refractivity contribution in [3.8, 4) is 5.69 Å². The molecule has 1 aliphatic rings. The van der Waals surface area contributed by atoms with E-state index in [1.54, 1.807) is 6.08 Å². The van der Waals surface area contributed by atoms with Gasteiger partial charge in [0.15, 0.2) is 5.11 Å². The van der Waals surface area contributed by atoms with Crippen molar-refractivity contribution in [3.05, 3.63) is 59.4 Å². The highest BCUT2D eigenvalue weighted by molar-refractivity contribution is 7.80. The molecule has 5 nitrogen and oxygen atoms in total. The molecule has 1 aromatic heterocycles. The summed E-state index contributed by atoms with van der Waals surface area (Å²) in [4.78, 5) is 26.1. The van der Waals surface area contributed by atoms with Crippen LogP contribution in [0, 0.1) is 6.92 Å². The summed E-state index contributed by atoms with van der Waals surface area (Å²) in [7, 11) is 0. The number of amides is 2. The molecule has 2 heterocycles. The number of thiocarbonyl (C=S) groups is 1. The largest absolute Gasteiger partial charge is 0.317 e. The van der Waals surface area contributed by atoms with Crippen molar-refractivity contribution in [1.29, 1.82) is 0 Å². The third-order valence-corrected chi connectivity index (χ3v) is 4.27. The molecule has 0 aliphatic carbocycles. The van der Waals surface area contributed by atoms with Gasteiger partial charge in [0.25, 0.3) is 11.8 Å². The van der Waals surface area contributed by atoms with Crippen LogP contribution in [0.25, 0.3) is 11.8 Å². The molecule has 1 aromatic carbocycles. The number of nitrogens with zero attached hydrogens (tertiary/aromatic N) is 2. The van der Waals surface area contributed by atoms with Crippen molar-refractivity contribution in [2.24, 2.45) is 0 Å².